The van der Waals surface area contributed by atoms with E-state index in [1.165, 1.54) is 34.8 Å². The summed E-state index contributed by atoms with van der Waals surface area (Å²) >= 11 is 1.82. The van der Waals surface area contributed by atoms with Crippen molar-refractivity contribution in [2.45, 2.75) is 72.9 Å². The fourth-order valence-electron chi connectivity index (χ4n) is 3.74. The number of nitrogens with zero attached hydrogens (tertiary/aromatic N) is 1. The molecule has 1 aromatic heterocycles. The zero-order chi connectivity index (χ0) is 14.9. The van der Waals surface area contributed by atoms with Crippen molar-refractivity contribution in [1.82, 2.24) is 10.3 Å². The Hall–Kier alpha value is -0.410. The lowest BCUT2D eigenvalue weighted by Crippen LogP contribution is -2.44. The first-order valence-corrected chi connectivity index (χ1v) is 8.90. The van der Waals surface area contributed by atoms with Crippen molar-refractivity contribution >= 4 is 11.3 Å². The quantitative estimate of drug-likeness (QED) is 0.857. The average Bonchev–Trinajstić information content (AvgIpc) is 2.68. The molecule has 114 valence electrons. The number of nitrogens with one attached hydrogen (secondary N) is 1. The third kappa shape index (κ3) is 3.62. The van der Waals surface area contributed by atoms with Gasteiger partial charge < -0.3 is 5.32 Å². The zero-order valence-electron chi connectivity index (χ0n) is 13.9. The van der Waals surface area contributed by atoms with Gasteiger partial charge in [-0.1, -0.05) is 27.2 Å². The van der Waals surface area contributed by atoms with Gasteiger partial charge in [-0.2, -0.15) is 0 Å². The van der Waals surface area contributed by atoms with Crippen molar-refractivity contribution < 1.29 is 0 Å². The summed E-state index contributed by atoms with van der Waals surface area (Å²) in [5, 5.41) is 5.08. The van der Waals surface area contributed by atoms with Crippen molar-refractivity contribution in [2.24, 2.45) is 17.8 Å². The minimum Gasteiger partial charge on any atom is -0.306 e. The van der Waals surface area contributed by atoms with Crippen LogP contribution in [0.5, 0.6) is 0 Å². The molecule has 3 heteroatoms. The van der Waals surface area contributed by atoms with E-state index in [0.29, 0.717) is 12.1 Å². The topological polar surface area (TPSA) is 24.9 Å². The summed E-state index contributed by atoms with van der Waals surface area (Å²) in [6.07, 6.45) is 4.08. The monoisotopic (exact) mass is 294 g/mol. The van der Waals surface area contributed by atoms with Gasteiger partial charge >= 0.3 is 0 Å². The molecule has 1 heterocycles. The van der Waals surface area contributed by atoms with Gasteiger partial charge in [0.15, 0.2) is 0 Å². The third-order valence-electron chi connectivity index (χ3n) is 4.84. The fraction of sp³-hybridized carbons (Fsp3) is 0.824. The lowest BCUT2D eigenvalue weighted by atomic mass is 9.74. The van der Waals surface area contributed by atoms with Gasteiger partial charge in [-0.05, 0) is 51.4 Å². The van der Waals surface area contributed by atoms with E-state index in [0.717, 1.165) is 17.8 Å². The second kappa shape index (κ2) is 6.57. The van der Waals surface area contributed by atoms with Crippen molar-refractivity contribution in [3.8, 4) is 0 Å². The molecule has 1 saturated carbocycles. The van der Waals surface area contributed by atoms with Crippen molar-refractivity contribution in [3.63, 3.8) is 0 Å². The van der Waals surface area contributed by atoms with Gasteiger partial charge in [-0.15, -0.1) is 11.3 Å². The molecular weight excluding hydrogens is 264 g/mol. The van der Waals surface area contributed by atoms with Gasteiger partial charge in [0.05, 0.1) is 10.7 Å². The maximum atomic E-state index is 4.72. The molecule has 0 radical (unpaired) electrons. The summed E-state index contributed by atoms with van der Waals surface area (Å²) in [7, 11) is 0. The van der Waals surface area contributed by atoms with E-state index in [1.807, 2.05) is 11.3 Å². The van der Waals surface area contributed by atoms with Crippen LogP contribution < -0.4 is 5.32 Å². The van der Waals surface area contributed by atoms with Gasteiger partial charge in [0.25, 0.3) is 0 Å². The van der Waals surface area contributed by atoms with Gasteiger partial charge in [-0.25, -0.2) is 4.98 Å². The van der Waals surface area contributed by atoms with Gasteiger partial charge in [0.1, 0.15) is 0 Å². The van der Waals surface area contributed by atoms with E-state index >= 15 is 0 Å². The molecule has 2 rings (SSSR count). The van der Waals surface area contributed by atoms with Crippen LogP contribution in [-0.4, -0.2) is 11.0 Å². The average molecular weight is 295 g/mol. The lowest BCUT2D eigenvalue weighted by molar-refractivity contribution is 0.160. The number of hydrogen-bond donors (Lipinski definition) is 1. The van der Waals surface area contributed by atoms with E-state index in [2.05, 4.69) is 46.9 Å². The first-order chi connectivity index (χ1) is 9.38. The van der Waals surface area contributed by atoms with Gasteiger partial charge in [0.2, 0.25) is 0 Å². The molecule has 0 amide bonds. The largest absolute Gasteiger partial charge is 0.306 e. The molecule has 0 aromatic carbocycles. The van der Waals surface area contributed by atoms with Crippen molar-refractivity contribution in [3.05, 3.63) is 15.6 Å². The minimum atomic E-state index is 0.372. The van der Waals surface area contributed by atoms with Crippen LogP contribution in [0.3, 0.4) is 0 Å². The Morgan fingerprint density at radius 3 is 2.45 bits per heavy atom. The Balaban J connectivity index is 2.07. The number of rotatable bonds is 4. The van der Waals surface area contributed by atoms with Gasteiger partial charge in [-0.3, -0.25) is 0 Å². The highest BCUT2D eigenvalue weighted by molar-refractivity contribution is 7.11. The summed E-state index contributed by atoms with van der Waals surface area (Å²) in [5.41, 5.74) is 1.26. The Kier molecular flexibility index (Phi) is 5.25. The van der Waals surface area contributed by atoms with E-state index in [9.17, 15) is 0 Å². The maximum absolute atomic E-state index is 4.72. The molecule has 1 N–H and O–H groups in total. The number of thiazole rings is 1. The highest BCUT2D eigenvalue weighted by Gasteiger charge is 2.32. The van der Waals surface area contributed by atoms with Crippen LogP contribution in [-0.2, 0) is 0 Å². The molecule has 0 saturated heterocycles. The number of aryl methyl sites for hydroxylation is 2. The Morgan fingerprint density at radius 2 is 1.90 bits per heavy atom. The molecule has 4 atom stereocenters. The number of aromatic nitrogens is 1. The summed E-state index contributed by atoms with van der Waals surface area (Å²) in [4.78, 5) is 6.09. The molecule has 0 aliphatic heterocycles. The highest BCUT2D eigenvalue weighted by atomic mass is 32.1. The van der Waals surface area contributed by atoms with Crippen LogP contribution in [0.4, 0.5) is 0 Å². The van der Waals surface area contributed by atoms with E-state index < -0.39 is 0 Å². The van der Waals surface area contributed by atoms with Crippen LogP contribution in [0.15, 0.2) is 0 Å². The summed E-state index contributed by atoms with van der Waals surface area (Å²) in [5.74, 6) is 2.44. The smallest absolute Gasteiger partial charge is 0.0900 e. The van der Waals surface area contributed by atoms with Crippen molar-refractivity contribution in [2.75, 3.05) is 0 Å². The molecule has 1 fully saturated rings. The maximum Gasteiger partial charge on any atom is 0.0900 e. The molecule has 20 heavy (non-hydrogen) atoms. The first kappa shape index (κ1) is 16.0. The Bertz CT molecular complexity index is 438. The first-order valence-electron chi connectivity index (χ1n) is 8.08. The minimum absolute atomic E-state index is 0.372. The number of hydrogen-bond acceptors (Lipinski definition) is 3. The predicted molar refractivity (Wildman–Crippen MR) is 88.3 cm³/mol. The van der Waals surface area contributed by atoms with E-state index in [4.69, 9.17) is 4.98 Å². The SMILES string of the molecule is Cc1nc(C(C)NC2CC(C)CCC2C(C)C)c(C)s1. The van der Waals surface area contributed by atoms with E-state index in [1.54, 1.807) is 0 Å². The molecule has 1 aliphatic rings. The summed E-state index contributed by atoms with van der Waals surface area (Å²) in [6, 6.07) is 1.02. The normalized spacial score (nSPS) is 28.9. The molecule has 0 bridgehead atoms. The zero-order valence-corrected chi connectivity index (χ0v) is 14.7. The van der Waals surface area contributed by atoms with Crippen LogP contribution in [0.2, 0.25) is 0 Å². The standard InChI is InChI=1S/C17H30N2S/c1-10(2)15-8-7-11(3)9-16(15)18-12(4)17-13(5)20-14(6)19-17/h10-12,15-16,18H,7-9H2,1-6H3. The lowest BCUT2D eigenvalue weighted by Gasteiger charge is -2.39. The Morgan fingerprint density at radius 1 is 1.20 bits per heavy atom. The van der Waals surface area contributed by atoms with Crippen molar-refractivity contribution in [1.29, 1.82) is 0 Å². The van der Waals surface area contributed by atoms with Crippen LogP contribution in [0.25, 0.3) is 0 Å². The molecule has 1 aromatic rings. The van der Waals surface area contributed by atoms with E-state index in [-0.39, 0.29) is 0 Å². The molecule has 0 spiro atoms. The second-order valence-electron chi connectivity index (χ2n) is 7.00. The summed E-state index contributed by atoms with van der Waals surface area (Å²) < 4.78 is 0. The van der Waals surface area contributed by atoms with Crippen LogP contribution in [0.1, 0.15) is 68.6 Å². The molecule has 2 nitrogen and oxygen atoms in total. The third-order valence-corrected chi connectivity index (χ3v) is 5.74. The molecular formula is C17H30N2S. The highest BCUT2D eigenvalue weighted by Crippen LogP contribution is 2.35. The fourth-order valence-corrected chi connectivity index (χ4v) is 4.65. The molecule has 1 aliphatic carbocycles. The van der Waals surface area contributed by atoms with Crippen LogP contribution >= 0.6 is 11.3 Å². The van der Waals surface area contributed by atoms with Gasteiger partial charge in [0, 0.05) is 17.0 Å². The Labute approximate surface area is 128 Å². The molecule has 4 unspecified atom stereocenters. The predicted octanol–water partition coefficient (Wildman–Crippen LogP) is 4.87. The van der Waals surface area contributed by atoms with Crippen LogP contribution in [0, 0.1) is 31.6 Å². The summed E-state index contributed by atoms with van der Waals surface area (Å²) in [6.45, 7) is 13.7. The second-order valence-corrected chi connectivity index (χ2v) is 8.40.